The molecule has 1 fully saturated rings. The van der Waals surface area contributed by atoms with E-state index in [0.717, 1.165) is 29.9 Å². The summed E-state index contributed by atoms with van der Waals surface area (Å²) in [5.74, 6) is -0.127. The lowest BCUT2D eigenvalue weighted by Crippen LogP contribution is -2.14. The maximum Gasteiger partial charge on any atom is 0.129 e. The second-order valence-corrected chi connectivity index (χ2v) is 7.92. The Morgan fingerprint density at radius 1 is 0.852 bits per heavy atom. The van der Waals surface area contributed by atoms with E-state index in [2.05, 4.69) is 6.92 Å². The fourth-order valence-electron chi connectivity index (χ4n) is 4.35. The van der Waals surface area contributed by atoms with E-state index in [0.29, 0.717) is 12.3 Å². The Bertz CT molecular complexity index is 725. The Labute approximate surface area is 160 Å². The molecule has 3 heteroatoms. The molecule has 0 saturated heterocycles. The van der Waals surface area contributed by atoms with Crippen LogP contribution in [0.5, 0.6) is 0 Å². The van der Waals surface area contributed by atoms with E-state index in [9.17, 15) is 13.2 Å². The molecule has 27 heavy (non-hydrogen) atoms. The molecule has 0 spiro atoms. The van der Waals surface area contributed by atoms with E-state index < -0.39 is 11.6 Å². The molecule has 2 aromatic rings. The Kier molecular flexibility index (Phi) is 6.98. The normalized spacial score (nSPS) is 20.0. The van der Waals surface area contributed by atoms with E-state index in [1.165, 1.54) is 50.3 Å². The van der Waals surface area contributed by atoms with Crippen LogP contribution in [0, 0.1) is 23.4 Å². The Hall–Kier alpha value is -1.77. The minimum Gasteiger partial charge on any atom is -0.207 e. The van der Waals surface area contributed by atoms with E-state index in [1.807, 2.05) is 12.1 Å². The number of halogens is 3. The molecule has 0 heterocycles. The predicted octanol–water partition coefficient (Wildman–Crippen LogP) is 7.35. The molecule has 2 aromatic carbocycles. The molecule has 0 atom stereocenters. The quantitative estimate of drug-likeness (QED) is 0.475. The minimum atomic E-state index is -0.535. The van der Waals surface area contributed by atoms with E-state index in [1.54, 1.807) is 6.07 Å². The van der Waals surface area contributed by atoms with Gasteiger partial charge in [-0.3, -0.25) is 0 Å². The summed E-state index contributed by atoms with van der Waals surface area (Å²) in [4.78, 5) is 0. The second-order valence-electron chi connectivity index (χ2n) is 7.92. The van der Waals surface area contributed by atoms with Gasteiger partial charge >= 0.3 is 0 Å². The highest BCUT2D eigenvalue weighted by molar-refractivity contribution is 5.29. The van der Waals surface area contributed by atoms with Crippen LogP contribution < -0.4 is 0 Å². The summed E-state index contributed by atoms with van der Waals surface area (Å²) < 4.78 is 42.1. The largest absolute Gasteiger partial charge is 0.207 e. The molecule has 0 nitrogen and oxygen atoms in total. The van der Waals surface area contributed by atoms with Gasteiger partial charge in [-0.25, -0.2) is 13.2 Å². The first-order valence-electron chi connectivity index (χ1n) is 10.3. The fourth-order valence-corrected chi connectivity index (χ4v) is 4.35. The van der Waals surface area contributed by atoms with Crippen molar-refractivity contribution in [2.75, 3.05) is 0 Å². The molecule has 0 bridgehead atoms. The number of aryl methyl sites for hydroxylation is 1. The third kappa shape index (κ3) is 5.15. The molecule has 146 valence electrons. The second kappa shape index (κ2) is 9.43. The molecule has 0 amide bonds. The molecule has 0 aliphatic heterocycles. The smallest absolute Gasteiger partial charge is 0.129 e. The number of hydrogen-bond acceptors (Lipinski definition) is 0. The van der Waals surface area contributed by atoms with Crippen molar-refractivity contribution in [1.82, 2.24) is 0 Å². The van der Waals surface area contributed by atoms with Gasteiger partial charge in [-0.2, -0.15) is 0 Å². The van der Waals surface area contributed by atoms with E-state index in [-0.39, 0.29) is 17.8 Å². The summed E-state index contributed by atoms with van der Waals surface area (Å²) in [7, 11) is 0. The summed E-state index contributed by atoms with van der Waals surface area (Å²) in [6.07, 6.45) is 9.01. The van der Waals surface area contributed by atoms with Crippen molar-refractivity contribution in [3.8, 4) is 0 Å². The number of rotatable bonds is 7. The van der Waals surface area contributed by atoms with Gasteiger partial charge in [-0.15, -0.1) is 0 Å². The lowest BCUT2D eigenvalue weighted by molar-refractivity contribution is 0.300. The van der Waals surface area contributed by atoms with Crippen molar-refractivity contribution < 1.29 is 13.2 Å². The Morgan fingerprint density at radius 2 is 1.56 bits per heavy atom. The van der Waals surface area contributed by atoms with Crippen LogP contribution in [0.2, 0.25) is 0 Å². The van der Waals surface area contributed by atoms with Crippen molar-refractivity contribution in [2.45, 2.75) is 70.6 Å². The first-order valence-corrected chi connectivity index (χ1v) is 10.3. The zero-order chi connectivity index (χ0) is 19.2. The molecule has 0 N–H and O–H groups in total. The van der Waals surface area contributed by atoms with Crippen LogP contribution in [0.25, 0.3) is 0 Å². The van der Waals surface area contributed by atoms with Crippen molar-refractivity contribution in [3.63, 3.8) is 0 Å². The zero-order valence-electron chi connectivity index (χ0n) is 16.1. The summed E-state index contributed by atoms with van der Waals surface area (Å²) in [6, 6.07) is 9.24. The molecule has 1 aliphatic rings. The molecule has 0 unspecified atom stereocenters. The molecular weight excluding hydrogens is 345 g/mol. The van der Waals surface area contributed by atoms with Crippen molar-refractivity contribution in [3.05, 3.63) is 70.5 Å². The van der Waals surface area contributed by atoms with Crippen molar-refractivity contribution >= 4 is 0 Å². The Balaban J connectivity index is 1.59. The van der Waals surface area contributed by atoms with Crippen LogP contribution >= 0.6 is 0 Å². The minimum absolute atomic E-state index is 0.0763. The summed E-state index contributed by atoms with van der Waals surface area (Å²) in [6.45, 7) is 2.23. The molecular formula is C24H29F3. The average molecular weight is 374 g/mol. The standard InChI is InChI=1S/C24H29F3/c1-2-3-5-17-8-12-19(13-9-17)20-14-10-18(16-24(20)27)11-15-21-22(25)6-4-7-23(21)26/h4,6-7,10,14,16-17,19H,2-3,5,8-9,11-13,15H2,1H3. The van der Waals surface area contributed by atoms with Gasteiger partial charge in [0.2, 0.25) is 0 Å². The van der Waals surface area contributed by atoms with E-state index >= 15 is 0 Å². The topological polar surface area (TPSA) is 0 Å². The van der Waals surface area contributed by atoms with Crippen LogP contribution in [0.1, 0.15) is 74.5 Å². The van der Waals surface area contributed by atoms with Gasteiger partial charge in [0.15, 0.2) is 0 Å². The van der Waals surface area contributed by atoms with Crippen LogP contribution in [0.4, 0.5) is 13.2 Å². The molecule has 1 aliphatic carbocycles. The monoisotopic (exact) mass is 374 g/mol. The zero-order valence-corrected chi connectivity index (χ0v) is 16.1. The highest BCUT2D eigenvalue weighted by atomic mass is 19.1. The van der Waals surface area contributed by atoms with Gasteiger partial charge in [0.25, 0.3) is 0 Å². The van der Waals surface area contributed by atoms with Gasteiger partial charge < -0.3 is 0 Å². The van der Waals surface area contributed by atoms with Gasteiger partial charge in [0.05, 0.1) is 0 Å². The van der Waals surface area contributed by atoms with Crippen LogP contribution in [-0.4, -0.2) is 0 Å². The fraction of sp³-hybridized carbons (Fsp3) is 0.500. The number of unbranched alkanes of at least 4 members (excludes halogenated alkanes) is 1. The first kappa shape index (κ1) is 20.0. The highest BCUT2D eigenvalue weighted by Gasteiger charge is 2.24. The van der Waals surface area contributed by atoms with Crippen LogP contribution in [-0.2, 0) is 12.8 Å². The summed E-state index contributed by atoms with van der Waals surface area (Å²) in [5, 5.41) is 0. The van der Waals surface area contributed by atoms with Crippen molar-refractivity contribution in [1.29, 1.82) is 0 Å². The number of benzene rings is 2. The molecule has 0 aromatic heterocycles. The van der Waals surface area contributed by atoms with Crippen LogP contribution in [0.15, 0.2) is 36.4 Å². The summed E-state index contributed by atoms with van der Waals surface area (Å²) in [5.41, 5.74) is 1.67. The van der Waals surface area contributed by atoms with Gasteiger partial charge in [-0.05, 0) is 79.7 Å². The summed E-state index contributed by atoms with van der Waals surface area (Å²) >= 11 is 0. The van der Waals surface area contributed by atoms with Gasteiger partial charge in [0.1, 0.15) is 17.5 Å². The Morgan fingerprint density at radius 3 is 2.19 bits per heavy atom. The van der Waals surface area contributed by atoms with E-state index in [4.69, 9.17) is 0 Å². The lowest BCUT2D eigenvalue weighted by atomic mass is 9.77. The van der Waals surface area contributed by atoms with Crippen LogP contribution in [0.3, 0.4) is 0 Å². The average Bonchev–Trinajstić information content (AvgIpc) is 2.67. The molecule has 0 radical (unpaired) electrons. The molecule has 1 saturated carbocycles. The first-order chi connectivity index (χ1) is 13.1. The number of hydrogen-bond donors (Lipinski definition) is 0. The van der Waals surface area contributed by atoms with Gasteiger partial charge in [0, 0.05) is 5.56 Å². The maximum absolute atomic E-state index is 14.7. The SMILES string of the molecule is CCCCC1CCC(c2ccc(CCc3c(F)cccc3F)cc2F)CC1. The molecule has 3 rings (SSSR count). The third-order valence-corrected chi connectivity index (χ3v) is 6.04. The highest BCUT2D eigenvalue weighted by Crippen LogP contribution is 2.38. The predicted molar refractivity (Wildman–Crippen MR) is 104 cm³/mol. The third-order valence-electron chi connectivity index (χ3n) is 6.04. The maximum atomic E-state index is 14.7. The lowest BCUT2D eigenvalue weighted by Gasteiger charge is -2.29. The van der Waals surface area contributed by atoms with Crippen molar-refractivity contribution in [2.24, 2.45) is 5.92 Å². The van der Waals surface area contributed by atoms with Gasteiger partial charge in [-0.1, -0.05) is 44.4 Å².